The van der Waals surface area contributed by atoms with Crippen LogP contribution in [0, 0.1) is 0 Å². The fourth-order valence-corrected chi connectivity index (χ4v) is 2.13. The molecular weight excluding hydrogens is 258 g/mol. The van der Waals surface area contributed by atoms with Gasteiger partial charge >= 0.3 is 12.1 Å². The van der Waals surface area contributed by atoms with Crippen LogP contribution in [0.15, 0.2) is 24.3 Å². The zero-order valence-electron chi connectivity index (χ0n) is 9.72. The summed E-state index contributed by atoms with van der Waals surface area (Å²) in [6.07, 6.45) is -0.781. The summed E-state index contributed by atoms with van der Waals surface area (Å²) in [5.41, 5.74) is -0.410. The molecule has 1 aromatic rings. The Morgan fingerprint density at radius 1 is 1.61 bits per heavy atom. The van der Waals surface area contributed by atoms with Crippen molar-refractivity contribution in [2.75, 3.05) is 11.4 Å². The highest BCUT2D eigenvalue weighted by molar-refractivity contribution is 6.30. The molecule has 1 amide bonds. The van der Waals surface area contributed by atoms with Gasteiger partial charge in [-0.15, -0.1) is 0 Å². The van der Waals surface area contributed by atoms with Crippen LogP contribution in [0.5, 0.6) is 0 Å². The van der Waals surface area contributed by atoms with Gasteiger partial charge in [-0.3, -0.25) is 9.69 Å². The molecule has 0 aromatic heterocycles. The number of carbonyl (C=O) groups is 2. The number of rotatable bonds is 3. The molecule has 6 heteroatoms. The molecule has 1 atom stereocenters. The molecule has 0 spiro atoms. The Balaban J connectivity index is 2.22. The first kappa shape index (κ1) is 12.7. The number of amides is 1. The van der Waals surface area contributed by atoms with Crippen LogP contribution in [-0.4, -0.2) is 29.3 Å². The fraction of sp³-hybridized carbons (Fsp3) is 0.333. The number of carboxylic acid groups (broad SMARTS) is 1. The number of aliphatic carboxylic acids is 1. The largest absolute Gasteiger partial charge is 0.481 e. The van der Waals surface area contributed by atoms with Crippen molar-refractivity contribution in [3.05, 3.63) is 29.3 Å². The summed E-state index contributed by atoms with van der Waals surface area (Å²) in [5.74, 6) is -1.00. The second-order valence-corrected chi connectivity index (χ2v) is 4.89. The second kappa shape index (κ2) is 4.49. The fourth-order valence-electron chi connectivity index (χ4n) is 1.95. The SMILES string of the molecule is CC1(CC(=O)O)CN(c2cccc(Cl)c2)C(=O)O1. The first-order valence-electron chi connectivity index (χ1n) is 5.37. The van der Waals surface area contributed by atoms with Crippen molar-refractivity contribution < 1.29 is 19.4 Å². The van der Waals surface area contributed by atoms with Gasteiger partial charge in [-0.25, -0.2) is 4.79 Å². The molecule has 0 bridgehead atoms. The zero-order chi connectivity index (χ0) is 13.3. The summed E-state index contributed by atoms with van der Waals surface area (Å²) in [5, 5.41) is 9.30. The van der Waals surface area contributed by atoms with E-state index < -0.39 is 17.7 Å². The molecule has 1 heterocycles. The predicted octanol–water partition coefficient (Wildman–Crippen LogP) is 2.53. The third-order valence-corrected chi connectivity index (χ3v) is 2.93. The number of ether oxygens (including phenoxy) is 1. The zero-order valence-corrected chi connectivity index (χ0v) is 10.5. The molecular formula is C12H12ClNO4. The van der Waals surface area contributed by atoms with E-state index in [-0.39, 0.29) is 13.0 Å². The molecule has 1 unspecified atom stereocenters. The number of nitrogens with zero attached hydrogens (tertiary/aromatic N) is 1. The van der Waals surface area contributed by atoms with Gasteiger partial charge in [0.1, 0.15) is 5.60 Å². The Hall–Kier alpha value is -1.75. The summed E-state index contributed by atoms with van der Waals surface area (Å²) in [6, 6.07) is 6.77. The Bertz CT molecular complexity index is 505. The summed E-state index contributed by atoms with van der Waals surface area (Å²) in [7, 11) is 0. The summed E-state index contributed by atoms with van der Waals surface area (Å²) < 4.78 is 5.13. The van der Waals surface area contributed by atoms with Crippen LogP contribution in [0.1, 0.15) is 13.3 Å². The predicted molar refractivity (Wildman–Crippen MR) is 65.9 cm³/mol. The first-order chi connectivity index (χ1) is 8.39. The average Bonchev–Trinajstić information content (AvgIpc) is 2.52. The molecule has 0 saturated carbocycles. The number of hydrogen-bond acceptors (Lipinski definition) is 3. The van der Waals surface area contributed by atoms with Crippen molar-refractivity contribution in [1.82, 2.24) is 0 Å². The molecule has 96 valence electrons. The third-order valence-electron chi connectivity index (χ3n) is 2.69. The minimum absolute atomic E-state index is 0.193. The van der Waals surface area contributed by atoms with E-state index in [1.807, 2.05) is 0 Å². The van der Waals surface area contributed by atoms with Gasteiger partial charge in [0.05, 0.1) is 13.0 Å². The van der Waals surface area contributed by atoms with E-state index >= 15 is 0 Å². The van der Waals surface area contributed by atoms with Crippen LogP contribution >= 0.6 is 11.6 Å². The van der Waals surface area contributed by atoms with Gasteiger partial charge in [-0.2, -0.15) is 0 Å². The van der Waals surface area contributed by atoms with Gasteiger partial charge < -0.3 is 9.84 Å². The van der Waals surface area contributed by atoms with Crippen LogP contribution in [0.3, 0.4) is 0 Å². The van der Waals surface area contributed by atoms with E-state index in [4.69, 9.17) is 21.4 Å². The van der Waals surface area contributed by atoms with Crippen molar-refractivity contribution in [2.45, 2.75) is 18.9 Å². The Labute approximate surface area is 109 Å². The molecule has 0 aliphatic carbocycles. The maximum Gasteiger partial charge on any atom is 0.415 e. The van der Waals surface area contributed by atoms with E-state index in [0.717, 1.165) is 0 Å². The van der Waals surface area contributed by atoms with Crippen LogP contribution in [0.4, 0.5) is 10.5 Å². The number of carboxylic acids is 1. The van der Waals surface area contributed by atoms with Crippen molar-refractivity contribution in [3.8, 4) is 0 Å². The molecule has 2 rings (SSSR count). The minimum Gasteiger partial charge on any atom is -0.481 e. The lowest BCUT2D eigenvalue weighted by atomic mass is 10.0. The second-order valence-electron chi connectivity index (χ2n) is 4.45. The van der Waals surface area contributed by atoms with Gasteiger partial charge in [0.25, 0.3) is 0 Å². The van der Waals surface area contributed by atoms with Gasteiger partial charge in [0.2, 0.25) is 0 Å². The third kappa shape index (κ3) is 2.56. The average molecular weight is 270 g/mol. The maximum atomic E-state index is 11.8. The van der Waals surface area contributed by atoms with Crippen LogP contribution in [0.2, 0.25) is 5.02 Å². The van der Waals surface area contributed by atoms with Gasteiger partial charge in [0, 0.05) is 10.7 Å². The number of halogens is 1. The summed E-state index contributed by atoms with van der Waals surface area (Å²) in [6.45, 7) is 1.79. The number of carbonyl (C=O) groups excluding carboxylic acids is 1. The van der Waals surface area contributed by atoms with Crippen molar-refractivity contribution in [2.24, 2.45) is 0 Å². The Kier molecular flexibility index (Phi) is 3.17. The Morgan fingerprint density at radius 2 is 2.33 bits per heavy atom. The molecule has 18 heavy (non-hydrogen) atoms. The normalized spacial score (nSPS) is 23.0. The first-order valence-corrected chi connectivity index (χ1v) is 5.75. The lowest BCUT2D eigenvalue weighted by Gasteiger charge is -2.19. The molecule has 1 aliphatic rings. The number of hydrogen-bond donors (Lipinski definition) is 1. The quantitative estimate of drug-likeness (QED) is 0.916. The van der Waals surface area contributed by atoms with E-state index in [9.17, 15) is 9.59 Å². The van der Waals surface area contributed by atoms with Crippen molar-refractivity contribution in [1.29, 1.82) is 0 Å². The smallest absolute Gasteiger partial charge is 0.415 e. The van der Waals surface area contributed by atoms with E-state index in [1.165, 1.54) is 4.90 Å². The highest BCUT2D eigenvalue weighted by atomic mass is 35.5. The van der Waals surface area contributed by atoms with Gasteiger partial charge in [0.15, 0.2) is 0 Å². The minimum atomic E-state index is -1.01. The van der Waals surface area contributed by atoms with Crippen LogP contribution in [0.25, 0.3) is 0 Å². The standard InChI is InChI=1S/C12H12ClNO4/c1-12(6-10(15)16)7-14(11(17)18-12)9-4-2-3-8(13)5-9/h2-5H,6-7H2,1H3,(H,15,16). The number of anilines is 1. The topological polar surface area (TPSA) is 66.8 Å². The molecule has 1 saturated heterocycles. The molecule has 1 fully saturated rings. The lowest BCUT2D eigenvalue weighted by molar-refractivity contribution is -0.140. The maximum absolute atomic E-state index is 11.8. The highest BCUT2D eigenvalue weighted by Gasteiger charge is 2.43. The molecule has 0 radical (unpaired) electrons. The van der Waals surface area contributed by atoms with Crippen LogP contribution in [-0.2, 0) is 9.53 Å². The molecule has 1 N–H and O–H groups in total. The number of cyclic esters (lactones) is 1. The van der Waals surface area contributed by atoms with Crippen molar-refractivity contribution in [3.63, 3.8) is 0 Å². The van der Waals surface area contributed by atoms with Crippen LogP contribution < -0.4 is 4.90 Å². The van der Waals surface area contributed by atoms with E-state index in [2.05, 4.69) is 0 Å². The van der Waals surface area contributed by atoms with Gasteiger partial charge in [-0.05, 0) is 25.1 Å². The summed E-state index contributed by atoms with van der Waals surface area (Å²) in [4.78, 5) is 23.9. The molecule has 1 aromatic carbocycles. The number of benzene rings is 1. The van der Waals surface area contributed by atoms with Crippen molar-refractivity contribution >= 4 is 29.4 Å². The highest BCUT2D eigenvalue weighted by Crippen LogP contribution is 2.31. The molecule has 1 aliphatic heterocycles. The van der Waals surface area contributed by atoms with Gasteiger partial charge in [-0.1, -0.05) is 17.7 Å². The monoisotopic (exact) mass is 269 g/mol. The Morgan fingerprint density at radius 3 is 2.94 bits per heavy atom. The summed E-state index contributed by atoms with van der Waals surface area (Å²) >= 11 is 5.85. The lowest BCUT2D eigenvalue weighted by Crippen LogP contribution is -2.33. The van der Waals surface area contributed by atoms with E-state index in [1.54, 1.807) is 31.2 Å². The van der Waals surface area contributed by atoms with E-state index in [0.29, 0.717) is 10.7 Å². The molecule has 5 nitrogen and oxygen atoms in total.